The van der Waals surface area contributed by atoms with Crippen LogP contribution in [0.2, 0.25) is 0 Å². The van der Waals surface area contributed by atoms with Gasteiger partial charge < -0.3 is 30.2 Å². The van der Waals surface area contributed by atoms with Crippen molar-refractivity contribution in [3.63, 3.8) is 0 Å². The van der Waals surface area contributed by atoms with Crippen LogP contribution in [0.15, 0.2) is 116 Å². The number of hydrogen-bond donors (Lipinski definition) is 4. The summed E-state index contributed by atoms with van der Waals surface area (Å²) in [6.07, 6.45) is 11.9. The number of benzene rings is 4. The van der Waals surface area contributed by atoms with Crippen LogP contribution in [-0.2, 0) is 19.6 Å². The van der Waals surface area contributed by atoms with Crippen LogP contribution in [0, 0.1) is 11.8 Å². The first-order valence-corrected chi connectivity index (χ1v) is 24.6. The van der Waals surface area contributed by atoms with E-state index in [9.17, 15) is 14.4 Å². The predicted molar refractivity (Wildman–Crippen MR) is 279 cm³/mol. The highest BCUT2D eigenvalue weighted by atomic mass is 16.5. The Hall–Kier alpha value is -8.18. The van der Waals surface area contributed by atoms with Gasteiger partial charge in [-0.2, -0.15) is 15.3 Å². The molecule has 2 saturated carbocycles. The number of aromatic nitrogens is 9. The monoisotopic (exact) mass is 965 g/mol. The van der Waals surface area contributed by atoms with Crippen LogP contribution >= 0.6 is 0 Å². The van der Waals surface area contributed by atoms with Crippen molar-refractivity contribution in [2.75, 3.05) is 39.6 Å². The molecule has 0 spiro atoms. The molecule has 0 saturated heterocycles. The number of methoxy groups -OCH3 is 1. The van der Waals surface area contributed by atoms with E-state index in [1.165, 1.54) is 25.7 Å². The minimum atomic E-state index is -0.316. The Morgan fingerprint density at radius 3 is 2.17 bits per heavy atom. The molecular formula is C55H59N13O4. The van der Waals surface area contributed by atoms with Gasteiger partial charge in [-0.1, -0.05) is 30.3 Å². The van der Waals surface area contributed by atoms with Gasteiger partial charge in [0.1, 0.15) is 17.7 Å². The quantitative estimate of drug-likeness (QED) is 0.0684. The molecule has 2 aliphatic rings. The predicted octanol–water partition coefficient (Wildman–Crippen LogP) is 8.82. The van der Waals surface area contributed by atoms with Crippen molar-refractivity contribution in [3.8, 4) is 28.1 Å². The molecule has 0 atom stereocenters. The number of aromatic amines is 2. The summed E-state index contributed by atoms with van der Waals surface area (Å²) in [7, 11) is 5.70. The Labute approximate surface area is 417 Å². The summed E-state index contributed by atoms with van der Waals surface area (Å²) < 4.78 is 9.36. The molecule has 0 bridgehead atoms. The fourth-order valence-corrected chi connectivity index (χ4v) is 8.87. The van der Waals surface area contributed by atoms with Crippen LogP contribution in [-0.4, -0.2) is 113 Å². The molecule has 72 heavy (non-hydrogen) atoms. The maximum atomic E-state index is 13.9. The summed E-state index contributed by atoms with van der Waals surface area (Å²) >= 11 is 0. The third kappa shape index (κ3) is 10.8. The van der Waals surface area contributed by atoms with E-state index in [0.717, 1.165) is 86.2 Å². The molecular weight excluding hydrogens is 907 g/mol. The Bertz CT molecular complexity index is 3400. The lowest BCUT2D eigenvalue weighted by molar-refractivity contribution is 0.0726. The third-order valence-corrected chi connectivity index (χ3v) is 13.1. The van der Waals surface area contributed by atoms with Gasteiger partial charge in [-0.3, -0.25) is 28.8 Å². The van der Waals surface area contributed by atoms with Crippen LogP contribution in [0.5, 0.6) is 5.75 Å². The maximum Gasteiger partial charge on any atom is 0.276 e. The first-order valence-electron chi connectivity index (χ1n) is 24.6. The Morgan fingerprint density at radius 1 is 0.764 bits per heavy atom. The molecule has 368 valence electrons. The molecule has 3 amide bonds. The number of likely N-dealkylation sites (N-methyl/N-ethyl adjacent to an activating group) is 1. The van der Waals surface area contributed by atoms with Crippen LogP contribution in [0.1, 0.15) is 76.4 Å². The highest BCUT2D eigenvalue weighted by Crippen LogP contribution is 2.36. The van der Waals surface area contributed by atoms with Gasteiger partial charge in [0.25, 0.3) is 17.7 Å². The van der Waals surface area contributed by atoms with Gasteiger partial charge in [0, 0.05) is 89.7 Å². The van der Waals surface area contributed by atoms with Gasteiger partial charge >= 0.3 is 0 Å². The number of ether oxygens (including phenoxy) is 1. The Kier molecular flexibility index (Phi) is 13.6. The van der Waals surface area contributed by atoms with Crippen LogP contribution in [0.25, 0.3) is 55.2 Å². The van der Waals surface area contributed by atoms with E-state index < -0.39 is 0 Å². The summed E-state index contributed by atoms with van der Waals surface area (Å²) in [5, 5.41) is 25.0. The zero-order chi connectivity index (χ0) is 49.9. The minimum absolute atomic E-state index is 0.0214. The van der Waals surface area contributed by atoms with E-state index >= 15 is 0 Å². The van der Waals surface area contributed by atoms with Gasteiger partial charge in [0.2, 0.25) is 0 Å². The van der Waals surface area contributed by atoms with Crippen molar-refractivity contribution in [1.82, 2.24) is 59.8 Å². The van der Waals surface area contributed by atoms with Crippen molar-refractivity contribution in [2.45, 2.75) is 65.2 Å². The van der Waals surface area contributed by atoms with Gasteiger partial charge in [-0.25, -0.2) is 9.97 Å². The smallest absolute Gasteiger partial charge is 0.276 e. The van der Waals surface area contributed by atoms with E-state index in [2.05, 4.69) is 46.7 Å². The first kappa shape index (κ1) is 47.5. The molecule has 9 aromatic rings. The first-order chi connectivity index (χ1) is 35.0. The number of carbonyl (C=O) groups is 3. The number of fused-ring (bicyclic) bond motifs is 3. The molecule has 17 heteroatoms. The molecule has 0 unspecified atom stereocenters. The second-order valence-electron chi connectivity index (χ2n) is 19.4. The maximum absolute atomic E-state index is 13.9. The lowest BCUT2D eigenvalue weighted by atomic mass is 10.1. The average molecular weight is 966 g/mol. The molecule has 4 N–H and O–H groups in total. The molecule has 4 aromatic carbocycles. The van der Waals surface area contributed by atoms with E-state index in [0.29, 0.717) is 47.6 Å². The molecule has 0 aliphatic heterocycles. The van der Waals surface area contributed by atoms with Crippen molar-refractivity contribution in [3.05, 3.63) is 138 Å². The average Bonchev–Trinajstić information content (AvgIpc) is 4.13. The standard InChI is InChI=1S/C28H27N7O2.C27H32N6O2/c1-16(2)32-27(36)19-4-3-5-20(12-19)33-28(37)25-21-9-8-18(13-23(21)35(34-25)14-17-6-7-17)24-22-10-11-29-26(22)31-15-30-24;1-31(2)11-12-32(17-20-5-4-6-23(13-20)35-3)27(34)26-24-10-9-21(22-15-28-29-16-22)14-25(24)33(30-26)18-19-7-8-19/h3-5,8-13,15-17H,6-7,14H2,1-2H3,(H,32,36)(H,33,37)(H,29,30,31);4-6,9-10,13-16,19H,7-8,11-12,17-18H2,1-3H3,(H,28,29). The number of rotatable bonds is 17. The number of nitrogens with one attached hydrogen (secondary N) is 4. The molecule has 5 heterocycles. The normalized spacial score (nSPS) is 13.4. The van der Waals surface area contributed by atoms with E-state index in [1.54, 1.807) is 37.7 Å². The number of anilines is 1. The van der Waals surface area contributed by atoms with E-state index in [4.69, 9.17) is 14.9 Å². The van der Waals surface area contributed by atoms with Crippen molar-refractivity contribution >= 4 is 56.2 Å². The van der Waals surface area contributed by atoms with Crippen molar-refractivity contribution in [2.24, 2.45) is 11.8 Å². The Balaban J connectivity index is 0.000000166. The molecule has 5 aromatic heterocycles. The molecule has 2 fully saturated rings. The summed E-state index contributed by atoms with van der Waals surface area (Å²) in [4.78, 5) is 55.7. The van der Waals surface area contributed by atoms with Gasteiger partial charge in [0.05, 0.1) is 30.0 Å². The summed E-state index contributed by atoms with van der Waals surface area (Å²) in [5.74, 6) is 1.45. The van der Waals surface area contributed by atoms with Crippen molar-refractivity contribution < 1.29 is 19.1 Å². The molecule has 17 nitrogen and oxygen atoms in total. The SMILES string of the molecule is CC(C)NC(=O)c1cccc(NC(=O)c2nn(CC3CC3)c3cc(-c4ncnc5[nH]ccc45)ccc23)c1.COc1cccc(CN(CCN(C)C)C(=O)c2nn(CC3CC3)c3cc(-c4cn[nH]c4)ccc23)c1. The molecule has 11 rings (SSSR count). The van der Waals surface area contributed by atoms with E-state index in [-0.39, 0.29) is 23.8 Å². The van der Waals surface area contributed by atoms with Gasteiger partial charge in [0.15, 0.2) is 11.4 Å². The van der Waals surface area contributed by atoms with Crippen LogP contribution < -0.4 is 15.4 Å². The van der Waals surface area contributed by atoms with Gasteiger partial charge in [-0.15, -0.1) is 0 Å². The largest absolute Gasteiger partial charge is 0.497 e. The van der Waals surface area contributed by atoms with Gasteiger partial charge in [-0.05, 0) is 137 Å². The number of amides is 3. The fourth-order valence-electron chi connectivity index (χ4n) is 8.87. The van der Waals surface area contributed by atoms with E-state index in [1.807, 2.05) is 121 Å². The lowest BCUT2D eigenvalue weighted by Crippen LogP contribution is -2.36. The number of H-pyrrole nitrogens is 2. The summed E-state index contributed by atoms with van der Waals surface area (Å²) in [6.45, 7) is 7.28. The highest BCUT2D eigenvalue weighted by molar-refractivity contribution is 6.12. The third-order valence-electron chi connectivity index (χ3n) is 13.1. The molecule has 2 aliphatic carbocycles. The molecule has 0 radical (unpaired) electrons. The number of carbonyl (C=O) groups excluding carboxylic acids is 3. The second-order valence-corrected chi connectivity index (χ2v) is 19.4. The second kappa shape index (κ2) is 20.7. The topological polar surface area (TPSA) is 197 Å². The lowest BCUT2D eigenvalue weighted by Gasteiger charge is -2.24. The fraction of sp³-hybridized carbons (Fsp3) is 0.309. The summed E-state index contributed by atoms with van der Waals surface area (Å²) in [6, 6.07) is 28.9. The van der Waals surface area contributed by atoms with Crippen molar-refractivity contribution in [1.29, 1.82) is 0 Å². The highest BCUT2D eigenvalue weighted by Gasteiger charge is 2.29. The van der Waals surface area contributed by atoms with Crippen LogP contribution in [0.4, 0.5) is 5.69 Å². The number of nitrogens with zero attached hydrogens (tertiary/aromatic N) is 9. The Morgan fingerprint density at radius 2 is 1.47 bits per heavy atom. The van der Waals surface area contributed by atoms with Crippen LogP contribution in [0.3, 0.4) is 0 Å². The summed E-state index contributed by atoms with van der Waals surface area (Å²) in [5.41, 5.74) is 9.43. The zero-order valence-corrected chi connectivity index (χ0v) is 41.2. The zero-order valence-electron chi connectivity index (χ0n) is 41.2. The minimum Gasteiger partial charge on any atom is -0.497 e. The number of hydrogen-bond acceptors (Lipinski definition) is 10.